The van der Waals surface area contributed by atoms with Gasteiger partial charge in [0.25, 0.3) is 0 Å². The van der Waals surface area contributed by atoms with Crippen molar-refractivity contribution in [3.63, 3.8) is 0 Å². The van der Waals surface area contributed by atoms with Gasteiger partial charge < -0.3 is 20.5 Å². The summed E-state index contributed by atoms with van der Waals surface area (Å²) in [5.41, 5.74) is 3.33. The zero-order valence-electron chi connectivity index (χ0n) is 18.4. The van der Waals surface area contributed by atoms with Crippen molar-refractivity contribution in [1.82, 2.24) is 0 Å². The molecule has 33 heavy (non-hydrogen) atoms. The van der Waals surface area contributed by atoms with Crippen LogP contribution in [0.15, 0.2) is 17.7 Å². The summed E-state index contributed by atoms with van der Waals surface area (Å²) in [5.74, 6) is -3.83. The van der Waals surface area contributed by atoms with Gasteiger partial charge in [-0.1, -0.05) is 6.08 Å². The molecule has 0 bridgehead atoms. The van der Waals surface area contributed by atoms with Gasteiger partial charge in [0.1, 0.15) is 28.9 Å². The van der Waals surface area contributed by atoms with Gasteiger partial charge in [-0.2, -0.15) is 0 Å². The molecule has 3 fully saturated rings. The number of nitrogens with zero attached hydrogens (tertiary/aromatic N) is 1. The number of carbonyl (C=O) groups excluding carboxylic acids is 1. The summed E-state index contributed by atoms with van der Waals surface area (Å²) < 4.78 is 51.0. The Bertz CT molecular complexity index is 1060. The van der Waals surface area contributed by atoms with Gasteiger partial charge in [0, 0.05) is 17.7 Å². The number of nitrogens with two attached hydrogens (primary N) is 1. The number of carbonyl (C=O) groups is 2. The first kappa shape index (κ1) is 22.3. The molecule has 5 atom stereocenters. The highest BCUT2D eigenvalue weighted by Crippen LogP contribution is 2.55. The minimum absolute atomic E-state index is 0.00258. The topological polar surface area (TPSA) is 92.9 Å². The van der Waals surface area contributed by atoms with Crippen molar-refractivity contribution in [2.24, 2.45) is 11.7 Å². The van der Waals surface area contributed by atoms with E-state index in [9.17, 15) is 19.1 Å². The quantitative estimate of drug-likeness (QED) is 0.661. The molecule has 5 rings (SSSR count). The number of benzene rings is 1. The second-order valence-electron chi connectivity index (χ2n) is 9.88. The average molecular weight is 464 g/mol. The number of alkyl halides is 2. The van der Waals surface area contributed by atoms with E-state index < -0.39 is 46.4 Å². The molecule has 3 aliphatic carbocycles. The van der Waals surface area contributed by atoms with Crippen LogP contribution in [0.25, 0.3) is 0 Å². The van der Waals surface area contributed by atoms with Crippen molar-refractivity contribution in [2.45, 2.75) is 61.8 Å². The van der Waals surface area contributed by atoms with Crippen molar-refractivity contribution in [3.8, 4) is 5.75 Å². The van der Waals surface area contributed by atoms with E-state index in [-0.39, 0.29) is 48.8 Å². The van der Waals surface area contributed by atoms with E-state index in [4.69, 9.17) is 10.5 Å². The standard InChI is InChI=1S/C24H27F3N2O4/c1-33-21-18-12(14-8-16(14)25)4-2-5-13(22(31)32)20(30)15(18)9-17(26)19(21)29-10-23(27)6-3-7-24(23,28)11-29/h5,9,12,14,16H,2-4,6-8,10-11,28H2,1H3,(H,31,32)/t12?,14-,16-,23?,24?/m0/s1. The van der Waals surface area contributed by atoms with Gasteiger partial charge in [0.15, 0.2) is 5.82 Å². The van der Waals surface area contributed by atoms with Gasteiger partial charge in [-0.15, -0.1) is 0 Å². The lowest BCUT2D eigenvalue weighted by atomic mass is 9.80. The third-order valence-electron chi connectivity index (χ3n) is 7.96. The molecule has 1 aromatic carbocycles. The molecule has 1 aliphatic heterocycles. The summed E-state index contributed by atoms with van der Waals surface area (Å²) in [6, 6.07) is 1.00. The molecule has 0 amide bonds. The first-order valence-electron chi connectivity index (χ1n) is 11.4. The average Bonchev–Trinajstić information content (AvgIpc) is 3.30. The molecule has 6 nitrogen and oxygen atoms in total. The van der Waals surface area contributed by atoms with E-state index in [2.05, 4.69) is 0 Å². The molecule has 1 saturated heterocycles. The zero-order chi connectivity index (χ0) is 23.7. The molecule has 9 heteroatoms. The SMILES string of the molecule is COc1c2c(cc(F)c1N1CC3(N)CCCC3(F)C1)C(=O)C(C(=O)O)=CCCC2[C@@H]1C[C@@H]1F. The molecule has 3 unspecified atom stereocenters. The molecular formula is C24H27F3N2O4. The highest BCUT2D eigenvalue weighted by atomic mass is 19.1. The smallest absolute Gasteiger partial charge is 0.339 e. The van der Waals surface area contributed by atoms with Crippen LogP contribution < -0.4 is 15.4 Å². The Labute approximate surface area is 189 Å². The van der Waals surface area contributed by atoms with Crippen molar-refractivity contribution in [3.05, 3.63) is 34.7 Å². The molecule has 0 radical (unpaired) electrons. The van der Waals surface area contributed by atoms with Crippen LogP contribution in [0.5, 0.6) is 5.75 Å². The van der Waals surface area contributed by atoms with E-state index in [1.165, 1.54) is 18.1 Å². The van der Waals surface area contributed by atoms with Gasteiger partial charge in [-0.25, -0.2) is 18.0 Å². The number of fused-ring (bicyclic) bond motifs is 2. The second kappa shape index (κ2) is 7.48. The molecule has 4 aliphatic rings. The number of anilines is 1. The minimum atomic E-state index is -1.66. The largest absolute Gasteiger partial charge is 0.494 e. The highest BCUT2D eigenvalue weighted by molar-refractivity contribution is 6.24. The Morgan fingerprint density at radius 1 is 1.33 bits per heavy atom. The van der Waals surface area contributed by atoms with Gasteiger partial charge in [0.2, 0.25) is 5.78 Å². The number of hydrogen-bond donors (Lipinski definition) is 2. The lowest BCUT2D eigenvalue weighted by Crippen LogP contribution is -2.53. The van der Waals surface area contributed by atoms with Crippen LogP contribution in [0.2, 0.25) is 0 Å². The Morgan fingerprint density at radius 2 is 2.06 bits per heavy atom. The summed E-state index contributed by atoms with van der Waals surface area (Å²) in [6.45, 7) is -0.0206. The van der Waals surface area contributed by atoms with E-state index in [0.717, 1.165) is 6.07 Å². The van der Waals surface area contributed by atoms with Crippen LogP contribution in [0.3, 0.4) is 0 Å². The van der Waals surface area contributed by atoms with Crippen molar-refractivity contribution in [2.75, 3.05) is 25.1 Å². The van der Waals surface area contributed by atoms with E-state index >= 15 is 8.78 Å². The normalized spacial score (nSPS) is 35.4. The number of rotatable bonds is 4. The number of methoxy groups -OCH3 is 1. The maximum Gasteiger partial charge on any atom is 0.339 e. The lowest BCUT2D eigenvalue weighted by Gasteiger charge is -2.30. The van der Waals surface area contributed by atoms with Gasteiger partial charge in [-0.05, 0) is 56.4 Å². The zero-order valence-corrected chi connectivity index (χ0v) is 18.4. The highest BCUT2D eigenvalue weighted by Gasteiger charge is 2.60. The van der Waals surface area contributed by atoms with Crippen LogP contribution in [0, 0.1) is 11.7 Å². The number of aliphatic carboxylic acids is 1. The number of Topliss-reactive ketones (excluding diaryl/α,β-unsaturated/α-hetero) is 1. The molecule has 1 heterocycles. The number of ether oxygens (including phenoxy) is 1. The lowest BCUT2D eigenvalue weighted by molar-refractivity contribution is -0.132. The van der Waals surface area contributed by atoms with Crippen LogP contribution in [0.4, 0.5) is 18.9 Å². The molecular weight excluding hydrogens is 437 g/mol. The summed E-state index contributed by atoms with van der Waals surface area (Å²) in [6.07, 6.45) is 2.66. The number of allylic oxidation sites excluding steroid dienone is 1. The molecule has 3 N–H and O–H groups in total. The van der Waals surface area contributed by atoms with Crippen LogP contribution >= 0.6 is 0 Å². The fourth-order valence-corrected chi connectivity index (χ4v) is 6.16. The predicted molar refractivity (Wildman–Crippen MR) is 115 cm³/mol. The number of ketones is 1. The van der Waals surface area contributed by atoms with Crippen molar-refractivity contribution >= 4 is 17.4 Å². The van der Waals surface area contributed by atoms with Crippen LogP contribution in [-0.2, 0) is 4.79 Å². The molecule has 2 saturated carbocycles. The van der Waals surface area contributed by atoms with Crippen LogP contribution in [-0.4, -0.2) is 54.4 Å². The summed E-state index contributed by atoms with van der Waals surface area (Å²) in [5, 5.41) is 9.51. The molecule has 0 aromatic heterocycles. The van der Waals surface area contributed by atoms with Crippen molar-refractivity contribution < 1.29 is 32.6 Å². The maximum absolute atomic E-state index is 15.6. The Morgan fingerprint density at radius 3 is 2.67 bits per heavy atom. The molecule has 178 valence electrons. The molecule has 0 spiro atoms. The van der Waals surface area contributed by atoms with E-state index in [1.54, 1.807) is 0 Å². The van der Waals surface area contributed by atoms with Gasteiger partial charge in [-0.3, -0.25) is 4.79 Å². The summed E-state index contributed by atoms with van der Waals surface area (Å²) in [7, 11) is 1.33. The monoisotopic (exact) mass is 464 g/mol. The fraction of sp³-hybridized carbons (Fsp3) is 0.583. The number of hydrogen-bond acceptors (Lipinski definition) is 5. The second-order valence-corrected chi connectivity index (χ2v) is 9.88. The number of carboxylic acids is 1. The van der Waals surface area contributed by atoms with Crippen LogP contribution in [0.1, 0.15) is 60.4 Å². The maximum atomic E-state index is 15.6. The Balaban J connectivity index is 1.68. The van der Waals surface area contributed by atoms with Gasteiger partial charge >= 0.3 is 5.97 Å². The Hall–Kier alpha value is -2.55. The van der Waals surface area contributed by atoms with Crippen molar-refractivity contribution in [1.29, 1.82) is 0 Å². The van der Waals surface area contributed by atoms with E-state index in [0.29, 0.717) is 31.2 Å². The minimum Gasteiger partial charge on any atom is -0.494 e. The fourth-order valence-electron chi connectivity index (χ4n) is 6.16. The number of halogens is 3. The third kappa shape index (κ3) is 3.26. The Kier molecular flexibility index (Phi) is 5.04. The molecule has 1 aromatic rings. The van der Waals surface area contributed by atoms with E-state index in [1.807, 2.05) is 0 Å². The summed E-state index contributed by atoms with van der Waals surface area (Å²) >= 11 is 0. The predicted octanol–water partition coefficient (Wildman–Crippen LogP) is 3.67. The van der Waals surface area contributed by atoms with Gasteiger partial charge in [0.05, 0.1) is 19.2 Å². The first-order chi connectivity index (χ1) is 15.6. The summed E-state index contributed by atoms with van der Waals surface area (Å²) in [4.78, 5) is 26.4. The number of carboxylic acid groups (broad SMARTS) is 1. The third-order valence-corrected chi connectivity index (χ3v) is 7.96. The first-order valence-corrected chi connectivity index (χ1v) is 11.4.